The second-order valence-corrected chi connectivity index (χ2v) is 7.06. The number of aliphatic imine (C=N–C) groups is 1. The molecule has 1 aliphatic heterocycles. The Morgan fingerprint density at radius 2 is 1.92 bits per heavy atom. The van der Waals surface area contributed by atoms with Crippen LogP contribution in [0.1, 0.15) is 35.7 Å². The van der Waals surface area contributed by atoms with Gasteiger partial charge >= 0.3 is 0 Å². The van der Waals surface area contributed by atoms with Gasteiger partial charge in [0, 0.05) is 17.9 Å². The summed E-state index contributed by atoms with van der Waals surface area (Å²) in [5.41, 5.74) is 1.90. The number of amidine groups is 1. The molecule has 0 saturated heterocycles. The Kier molecular flexibility index (Phi) is 6.72. The summed E-state index contributed by atoms with van der Waals surface area (Å²) in [5.74, 6) is 1.62. The molecule has 0 saturated carbocycles. The molecular weight excluding hydrogens is 344 g/mol. The third-order valence-electron chi connectivity index (χ3n) is 4.13. The lowest BCUT2D eigenvalue weighted by Gasteiger charge is -2.18. The molecule has 1 heterocycles. The number of amides is 1. The molecule has 0 unspecified atom stereocenters. The Morgan fingerprint density at radius 3 is 2.65 bits per heavy atom. The summed E-state index contributed by atoms with van der Waals surface area (Å²) in [6.07, 6.45) is 2.14. The summed E-state index contributed by atoms with van der Waals surface area (Å²) in [7, 11) is 0. The van der Waals surface area contributed by atoms with E-state index in [1.165, 1.54) is 5.56 Å². The smallest absolute Gasteiger partial charge is 0.259 e. The van der Waals surface area contributed by atoms with E-state index in [4.69, 9.17) is 4.74 Å². The van der Waals surface area contributed by atoms with E-state index in [1.54, 1.807) is 16.7 Å². The molecule has 2 aromatic carbocycles. The van der Waals surface area contributed by atoms with Gasteiger partial charge in [0.05, 0.1) is 13.2 Å². The molecule has 0 aromatic heterocycles. The molecular formula is C21H24N2O2S. The van der Waals surface area contributed by atoms with Crippen LogP contribution in [-0.4, -0.2) is 35.7 Å². The lowest BCUT2D eigenvalue weighted by Crippen LogP contribution is -2.32. The zero-order valence-electron chi connectivity index (χ0n) is 15.1. The summed E-state index contributed by atoms with van der Waals surface area (Å²) in [5, 5.41) is 0.808. The van der Waals surface area contributed by atoms with E-state index in [-0.39, 0.29) is 5.91 Å². The molecule has 0 atom stereocenters. The van der Waals surface area contributed by atoms with Crippen molar-refractivity contribution in [2.24, 2.45) is 4.99 Å². The molecule has 0 aliphatic carbocycles. The average molecular weight is 369 g/mol. The minimum Gasteiger partial charge on any atom is -0.494 e. The maximum atomic E-state index is 12.8. The van der Waals surface area contributed by atoms with Gasteiger partial charge in [0.1, 0.15) is 5.75 Å². The molecule has 4 nitrogen and oxygen atoms in total. The van der Waals surface area contributed by atoms with E-state index in [1.807, 2.05) is 42.5 Å². The van der Waals surface area contributed by atoms with E-state index >= 15 is 0 Å². The van der Waals surface area contributed by atoms with Gasteiger partial charge in [-0.15, -0.1) is 0 Å². The summed E-state index contributed by atoms with van der Waals surface area (Å²) in [6.45, 7) is 4.16. The van der Waals surface area contributed by atoms with Crippen LogP contribution in [0.5, 0.6) is 5.75 Å². The number of benzene rings is 2. The van der Waals surface area contributed by atoms with Crippen LogP contribution in [0, 0.1) is 0 Å². The zero-order valence-corrected chi connectivity index (χ0v) is 15.9. The molecule has 1 aliphatic rings. The largest absolute Gasteiger partial charge is 0.494 e. The number of carbonyl (C=O) groups is 1. The molecule has 1 amide bonds. The van der Waals surface area contributed by atoms with Gasteiger partial charge in [0.15, 0.2) is 5.17 Å². The Hall–Kier alpha value is -2.27. The third-order valence-corrected chi connectivity index (χ3v) is 5.21. The normalized spacial score (nSPS) is 13.6. The number of nitrogens with zero attached hydrogens (tertiary/aromatic N) is 2. The quantitative estimate of drug-likeness (QED) is 0.670. The molecule has 0 fully saturated rings. The van der Waals surface area contributed by atoms with Gasteiger partial charge in [-0.3, -0.25) is 14.7 Å². The summed E-state index contributed by atoms with van der Waals surface area (Å²) < 4.78 is 5.66. The molecule has 0 spiro atoms. The molecule has 5 heteroatoms. The highest BCUT2D eigenvalue weighted by molar-refractivity contribution is 8.13. The maximum absolute atomic E-state index is 12.8. The Morgan fingerprint density at radius 1 is 1.15 bits per heavy atom. The molecule has 0 N–H and O–H groups in total. The molecule has 3 rings (SSSR count). The highest BCUT2D eigenvalue weighted by Gasteiger charge is 2.25. The number of hydrogen-bond donors (Lipinski definition) is 0. The fourth-order valence-corrected chi connectivity index (χ4v) is 3.65. The second-order valence-electron chi connectivity index (χ2n) is 6.12. The SMILES string of the molecule is CCCCOc1ccc(C(=O)N2CCN=C2SCc2ccccc2)cc1. The van der Waals surface area contributed by atoms with Gasteiger partial charge in [-0.05, 0) is 36.2 Å². The monoisotopic (exact) mass is 368 g/mol. The molecule has 2 aromatic rings. The average Bonchev–Trinajstić information content (AvgIpc) is 3.16. The summed E-state index contributed by atoms with van der Waals surface area (Å²) in [6, 6.07) is 17.6. The lowest BCUT2D eigenvalue weighted by molar-refractivity contribution is 0.0860. The predicted molar refractivity (Wildman–Crippen MR) is 108 cm³/mol. The van der Waals surface area contributed by atoms with Crippen LogP contribution in [-0.2, 0) is 5.75 Å². The van der Waals surface area contributed by atoms with Crippen LogP contribution >= 0.6 is 11.8 Å². The van der Waals surface area contributed by atoms with Crippen molar-refractivity contribution in [1.29, 1.82) is 0 Å². The van der Waals surface area contributed by atoms with Gasteiger partial charge in [0.25, 0.3) is 5.91 Å². The van der Waals surface area contributed by atoms with Crippen molar-refractivity contribution in [1.82, 2.24) is 4.90 Å². The van der Waals surface area contributed by atoms with Gasteiger partial charge < -0.3 is 4.74 Å². The summed E-state index contributed by atoms with van der Waals surface area (Å²) >= 11 is 1.62. The van der Waals surface area contributed by atoms with Crippen LogP contribution < -0.4 is 4.74 Å². The van der Waals surface area contributed by atoms with E-state index in [0.29, 0.717) is 25.3 Å². The third kappa shape index (κ3) is 4.88. The first-order valence-electron chi connectivity index (χ1n) is 9.04. The van der Waals surface area contributed by atoms with E-state index in [2.05, 4.69) is 24.0 Å². The van der Waals surface area contributed by atoms with Crippen molar-refractivity contribution in [3.8, 4) is 5.75 Å². The van der Waals surface area contributed by atoms with Gasteiger partial charge in [-0.2, -0.15) is 0 Å². The van der Waals surface area contributed by atoms with Crippen molar-refractivity contribution in [3.05, 3.63) is 65.7 Å². The molecule has 136 valence electrons. The van der Waals surface area contributed by atoms with Crippen LogP contribution in [0.4, 0.5) is 0 Å². The van der Waals surface area contributed by atoms with E-state index < -0.39 is 0 Å². The Labute approximate surface area is 159 Å². The second kappa shape index (κ2) is 9.43. The van der Waals surface area contributed by atoms with Gasteiger partial charge in [-0.1, -0.05) is 55.4 Å². The number of thioether (sulfide) groups is 1. The first-order valence-corrected chi connectivity index (χ1v) is 10.0. The molecule has 0 radical (unpaired) electrons. The number of ether oxygens (including phenoxy) is 1. The topological polar surface area (TPSA) is 41.9 Å². The minimum absolute atomic E-state index is 0.00178. The fraction of sp³-hybridized carbons (Fsp3) is 0.333. The van der Waals surface area contributed by atoms with Crippen molar-refractivity contribution in [2.75, 3.05) is 19.7 Å². The number of rotatable bonds is 7. The lowest BCUT2D eigenvalue weighted by atomic mass is 10.2. The number of hydrogen-bond acceptors (Lipinski definition) is 4. The number of unbranched alkanes of at least 4 members (excludes halogenated alkanes) is 1. The van der Waals surface area contributed by atoms with Crippen molar-refractivity contribution in [2.45, 2.75) is 25.5 Å². The van der Waals surface area contributed by atoms with Crippen LogP contribution in [0.15, 0.2) is 59.6 Å². The Bertz CT molecular complexity index is 744. The maximum Gasteiger partial charge on any atom is 0.259 e. The first-order chi connectivity index (χ1) is 12.8. The molecule has 26 heavy (non-hydrogen) atoms. The van der Waals surface area contributed by atoms with Crippen LogP contribution in [0.3, 0.4) is 0 Å². The van der Waals surface area contributed by atoms with Gasteiger partial charge in [0.2, 0.25) is 0 Å². The van der Waals surface area contributed by atoms with E-state index in [9.17, 15) is 4.79 Å². The first kappa shape index (κ1) is 18.5. The van der Waals surface area contributed by atoms with Gasteiger partial charge in [-0.25, -0.2) is 0 Å². The Balaban J connectivity index is 1.58. The molecule has 0 bridgehead atoms. The highest BCUT2D eigenvalue weighted by Crippen LogP contribution is 2.22. The van der Waals surface area contributed by atoms with Crippen molar-refractivity contribution < 1.29 is 9.53 Å². The van der Waals surface area contributed by atoms with Crippen molar-refractivity contribution in [3.63, 3.8) is 0 Å². The fourth-order valence-electron chi connectivity index (χ4n) is 2.64. The van der Waals surface area contributed by atoms with E-state index in [0.717, 1.165) is 29.5 Å². The summed E-state index contributed by atoms with van der Waals surface area (Å²) in [4.78, 5) is 19.1. The van der Waals surface area contributed by atoms with Crippen LogP contribution in [0.2, 0.25) is 0 Å². The van der Waals surface area contributed by atoms with Crippen molar-refractivity contribution >= 4 is 22.8 Å². The minimum atomic E-state index is 0.00178. The highest BCUT2D eigenvalue weighted by atomic mass is 32.2. The predicted octanol–water partition coefficient (Wildman–Crippen LogP) is 4.61. The zero-order chi connectivity index (χ0) is 18.2. The standard InChI is InChI=1S/C21H24N2O2S/c1-2-3-15-25-19-11-9-18(10-12-19)20(24)23-14-13-22-21(23)26-16-17-7-5-4-6-8-17/h4-12H,2-3,13-16H2,1H3. The van der Waals surface area contributed by atoms with Crippen LogP contribution in [0.25, 0.3) is 0 Å². The number of carbonyl (C=O) groups excluding carboxylic acids is 1.